The first-order valence-electron chi connectivity index (χ1n) is 8.79. The summed E-state index contributed by atoms with van der Waals surface area (Å²) in [5, 5.41) is 13.3. The zero-order valence-electron chi connectivity index (χ0n) is 14.4. The van der Waals surface area contributed by atoms with Crippen LogP contribution in [0.15, 0.2) is 66.4 Å². The molecule has 3 aromatic rings. The van der Waals surface area contributed by atoms with Gasteiger partial charge >= 0.3 is 0 Å². The molecule has 1 heterocycles. The SMILES string of the molecule is N#C/C(=C/c1cn(Cc2ccccc2)c2ccccc12)C(=O)NC1CC1. The van der Waals surface area contributed by atoms with Crippen LogP contribution < -0.4 is 5.32 Å². The molecular formula is C22H19N3O. The summed E-state index contributed by atoms with van der Waals surface area (Å²) in [6.07, 6.45) is 5.71. The van der Waals surface area contributed by atoms with E-state index in [0.717, 1.165) is 35.9 Å². The van der Waals surface area contributed by atoms with E-state index >= 15 is 0 Å². The number of nitrogens with one attached hydrogen (secondary N) is 1. The predicted octanol–water partition coefficient (Wildman–Crippen LogP) is 3.88. The lowest BCUT2D eigenvalue weighted by Crippen LogP contribution is -2.26. The van der Waals surface area contributed by atoms with Crippen LogP contribution in [0.5, 0.6) is 0 Å². The van der Waals surface area contributed by atoms with Crippen LogP contribution in [0.2, 0.25) is 0 Å². The van der Waals surface area contributed by atoms with Crippen molar-refractivity contribution in [2.75, 3.05) is 0 Å². The Hall–Kier alpha value is -3.32. The average molecular weight is 341 g/mol. The quantitative estimate of drug-likeness (QED) is 0.566. The van der Waals surface area contributed by atoms with Gasteiger partial charge in [0.2, 0.25) is 0 Å². The van der Waals surface area contributed by atoms with Gasteiger partial charge in [-0.05, 0) is 30.5 Å². The highest BCUT2D eigenvalue weighted by atomic mass is 16.1. The van der Waals surface area contributed by atoms with E-state index in [1.165, 1.54) is 5.56 Å². The highest BCUT2D eigenvalue weighted by Gasteiger charge is 2.24. The van der Waals surface area contributed by atoms with Gasteiger partial charge in [-0.15, -0.1) is 0 Å². The largest absolute Gasteiger partial charge is 0.349 e. The number of aromatic nitrogens is 1. The van der Waals surface area contributed by atoms with Crippen molar-refractivity contribution in [1.82, 2.24) is 9.88 Å². The molecule has 1 aliphatic carbocycles. The summed E-state index contributed by atoms with van der Waals surface area (Å²) in [6.45, 7) is 0.741. The number of hydrogen-bond acceptors (Lipinski definition) is 2. The van der Waals surface area contributed by atoms with E-state index in [1.807, 2.05) is 48.7 Å². The minimum atomic E-state index is -0.283. The smallest absolute Gasteiger partial charge is 0.262 e. The number of nitriles is 1. The lowest BCUT2D eigenvalue weighted by molar-refractivity contribution is -0.117. The van der Waals surface area contributed by atoms with Crippen LogP contribution in [0.4, 0.5) is 0 Å². The second-order valence-corrected chi connectivity index (χ2v) is 6.63. The first-order valence-corrected chi connectivity index (χ1v) is 8.79. The fraction of sp³-hybridized carbons (Fsp3) is 0.182. The van der Waals surface area contributed by atoms with Gasteiger partial charge in [-0.1, -0.05) is 48.5 Å². The molecule has 4 nitrogen and oxygen atoms in total. The fourth-order valence-electron chi connectivity index (χ4n) is 3.10. The standard InChI is InChI=1S/C22H19N3O/c23-13-17(22(26)24-19-10-11-19)12-18-15-25(14-16-6-2-1-3-7-16)21-9-5-4-8-20(18)21/h1-9,12,15,19H,10-11,14H2,(H,24,26)/b17-12-. The minimum absolute atomic E-state index is 0.152. The van der Waals surface area contributed by atoms with E-state index in [9.17, 15) is 10.1 Å². The summed E-state index contributed by atoms with van der Waals surface area (Å²) in [5.74, 6) is -0.283. The number of benzene rings is 2. The fourth-order valence-corrected chi connectivity index (χ4v) is 3.10. The molecule has 4 rings (SSSR count). The average Bonchev–Trinajstić information content (AvgIpc) is 3.42. The molecule has 0 unspecified atom stereocenters. The van der Waals surface area contributed by atoms with Gasteiger partial charge < -0.3 is 9.88 Å². The molecule has 4 heteroatoms. The Bertz CT molecular complexity index is 1020. The Labute approximate surface area is 152 Å². The first kappa shape index (κ1) is 16.2. The Balaban J connectivity index is 1.72. The van der Waals surface area contributed by atoms with E-state index in [2.05, 4.69) is 28.1 Å². The molecule has 0 bridgehead atoms. The molecule has 2 aromatic carbocycles. The number of amides is 1. The molecule has 26 heavy (non-hydrogen) atoms. The second-order valence-electron chi connectivity index (χ2n) is 6.63. The van der Waals surface area contributed by atoms with Crippen LogP contribution in [-0.2, 0) is 11.3 Å². The molecule has 0 atom stereocenters. The Morgan fingerprint density at radius 2 is 1.88 bits per heavy atom. The van der Waals surface area contributed by atoms with E-state index in [1.54, 1.807) is 6.08 Å². The molecule has 0 spiro atoms. The summed E-state index contributed by atoms with van der Waals surface area (Å²) in [4.78, 5) is 12.3. The molecule has 1 amide bonds. The van der Waals surface area contributed by atoms with Crippen LogP contribution in [0.25, 0.3) is 17.0 Å². The number of carbonyl (C=O) groups excluding carboxylic acids is 1. The molecule has 1 aliphatic rings. The molecule has 0 radical (unpaired) electrons. The van der Waals surface area contributed by atoms with Crippen molar-refractivity contribution >= 4 is 22.9 Å². The maximum absolute atomic E-state index is 12.3. The zero-order chi connectivity index (χ0) is 17.9. The normalized spacial score (nSPS) is 14.2. The summed E-state index contributed by atoms with van der Waals surface area (Å²) < 4.78 is 2.16. The van der Waals surface area contributed by atoms with Crippen LogP contribution >= 0.6 is 0 Å². The van der Waals surface area contributed by atoms with Crippen molar-refractivity contribution in [2.24, 2.45) is 0 Å². The second kappa shape index (κ2) is 6.89. The summed E-state index contributed by atoms with van der Waals surface area (Å²) >= 11 is 0. The van der Waals surface area contributed by atoms with Crippen LogP contribution in [0.3, 0.4) is 0 Å². The highest BCUT2D eigenvalue weighted by molar-refractivity contribution is 6.04. The molecule has 1 N–H and O–H groups in total. The molecule has 1 saturated carbocycles. The Morgan fingerprint density at radius 3 is 2.62 bits per heavy atom. The van der Waals surface area contributed by atoms with Gasteiger partial charge in [0.25, 0.3) is 5.91 Å². The van der Waals surface area contributed by atoms with Crippen molar-refractivity contribution < 1.29 is 4.79 Å². The summed E-state index contributed by atoms with van der Waals surface area (Å²) in [5.41, 5.74) is 3.33. The number of carbonyl (C=O) groups is 1. The van der Waals surface area contributed by atoms with Crippen molar-refractivity contribution in [3.05, 3.63) is 77.5 Å². The van der Waals surface area contributed by atoms with Crippen LogP contribution in [0.1, 0.15) is 24.0 Å². The Morgan fingerprint density at radius 1 is 1.15 bits per heavy atom. The number of nitrogens with zero attached hydrogens (tertiary/aromatic N) is 2. The van der Waals surface area contributed by atoms with E-state index < -0.39 is 0 Å². The van der Waals surface area contributed by atoms with Gasteiger partial charge in [-0.3, -0.25) is 4.79 Å². The summed E-state index contributed by atoms with van der Waals surface area (Å²) in [6, 6.07) is 20.6. The predicted molar refractivity (Wildman–Crippen MR) is 102 cm³/mol. The first-order chi connectivity index (χ1) is 12.7. The lowest BCUT2D eigenvalue weighted by Gasteiger charge is -2.05. The molecule has 1 fully saturated rings. The van der Waals surface area contributed by atoms with Gasteiger partial charge in [0.15, 0.2) is 0 Å². The van der Waals surface area contributed by atoms with E-state index in [-0.39, 0.29) is 17.5 Å². The van der Waals surface area contributed by atoms with Gasteiger partial charge in [-0.2, -0.15) is 5.26 Å². The third-order valence-electron chi connectivity index (χ3n) is 4.59. The Kier molecular flexibility index (Phi) is 4.28. The maximum Gasteiger partial charge on any atom is 0.262 e. The van der Waals surface area contributed by atoms with Gasteiger partial charge in [0, 0.05) is 35.2 Å². The van der Waals surface area contributed by atoms with Crippen LogP contribution in [-0.4, -0.2) is 16.5 Å². The maximum atomic E-state index is 12.3. The van der Waals surface area contributed by atoms with E-state index in [0.29, 0.717) is 0 Å². The van der Waals surface area contributed by atoms with Crippen molar-refractivity contribution in [3.8, 4) is 6.07 Å². The van der Waals surface area contributed by atoms with Crippen LogP contribution in [0, 0.1) is 11.3 Å². The van der Waals surface area contributed by atoms with Gasteiger partial charge in [0.05, 0.1) is 0 Å². The van der Waals surface area contributed by atoms with Gasteiger partial charge in [-0.25, -0.2) is 0 Å². The third-order valence-corrected chi connectivity index (χ3v) is 4.59. The highest BCUT2D eigenvalue weighted by Crippen LogP contribution is 2.25. The molecule has 1 aromatic heterocycles. The van der Waals surface area contributed by atoms with E-state index in [4.69, 9.17) is 0 Å². The molecule has 0 saturated heterocycles. The molecular weight excluding hydrogens is 322 g/mol. The third kappa shape index (κ3) is 3.38. The number of fused-ring (bicyclic) bond motifs is 1. The minimum Gasteiger partial charge on any atom is -0.349 e. The van der Waals surface area contributed by atoms with Gasteiger partial charge in [0.1, 0.15) is 11.6 Å². The zero-order valence-corrected chi connectivity index (χ0v) is 14.4. The number of hydrogen-bond donors (Lipinski definition) is 1. The van der Waals surface area contributed by atoms with Crippen molar-refractivity contribution in [3.63, 3.8) is 0 Å². The summed E-state index contributed by atoms with van der Waals surface area (Å²) in [7, 11) is 0. The number of para-hydroxylation sites is 1. The topological polar surface area (TPSA) is 57.8 Å². The lowest BCUT2D eigenvalue weighted by atomic mass is 10.1. The monoisotopic (exact) mass is 341 g/mol. The molecule has 128 valence electrons. The molecule has 0 aliphatic heterocycles. The number of rotatable bonds is 5. The van der Waals surface area contributed by atoms with Crippen molar-refractivity contribution in [1.29, 1.82) is 5.26 Å². The van der Waals surface area contributed by atoms with Crippen molar-refractivity contribution in [2.45, 2.75) is 25.4 Å².